The van der Waals surface area contributed by atoms with Gasteiger partial charge in [-0.2, -0.15) is 0 Å². The fourth-order valence-electron chi connectivity index (χ4n) is 6.14. The number of hydrogen-bond donors (Lipinski definition) is 6. The molecule has 8 N–H and O–H groups in total. The quantitative estimate of drug-likeness (QED) is 0.235. The molecule has 2 saturated carbocycles. The van der Waals surface area contributed by atoms with Crippen LogP contribution in [0.4, 0.5) is 0 Å². The predicted molar refractivity (Wildman–Crippen MR) is 124 cm³/mol. The number of sulfonamides is 1. The third kappa shape index (κ3) is 5.60. The minimum Gasteiger partial charge on any atom is -0.330 e. The molecule has 0 amide bonds. The van der Waals surface area contributed by atoms with Crippen LogP contribution in [-0.2, 0) is 10.0 Å². The van der Waals surface area contributed by atoms with Crippen molar-refractivity contribution in [2.24, 2.45) is 29.2 Å². The number of rotatable bonds is 10. The Kier molecular flexibility index (Phi) is 7.91. The van der Waals surface area contributed by atoms with Gasteiger partial charge in [0.1, 0.15) is 5.25 Å². The molecule has 0 aromatic carbocycles. The summed E-state index contributed by atoms with van der Waals surface area (Å²) in [7, 11) is -1.65. The van der Waals surface area contributed by atoms with Crippen LogP contribution in [0.25, 0.3) is 0 Å². The largest absolute Gasteiger partial charge is 0.330 e. The second-order valence-electron chi connectivity index (χ2n) is 10.2. The zero-order valence-corrected chi connectivity index (χ0v) is 19.7. The van der Waals surface area contributed by atoms with E-state index in [9.17, 15) is 8.42 Å². The lowest BCUT2D eigenvalue weighted by Crippen LogP contribution is -2.60. The van der Waals surface area contributed by atoms with Crippen LogP contribution in [0.2, 0.25) is 0 Å². The highest BCUT2D eigenvalue weighted by Crippen LogP contribution is 2.46. The Morgan fingerprint density at radius 3 is 2.58 bits per heavy atom. The molecule has 0 radical (unpaired) electrons. The maximum atomic E-state index is 13.2. The summed E-state index contributed by atoms with van der Waals surface area (Å²) in [5, 5.41) is 9.62. The predicted octanol–water partition coefficient (Wildman–Crippen LogP) is -1.43. The summed E-state index contributed by atoms with van der Waals surface area (Å²) >= 11 is 0. The van der Waals surface area contributed by atoms with Gasteiger partial charge in [-0.15, -0.1) is 0 Å². The Morgan fingerprint density at radius 1 is 1.13 bits per heavy atom. The summed E-state index contributed by atoms with van der Waals surface area (Å²) in [5.41, 5.74) is 11.8. The van der Waals surface area contributed by atoms with E-state index in [-0.39, 0.29) is 24.8 Å². The number of nitrogens with one attached hydrogen (secondary N) is 4. The lowest BCUT2D eigenvalue weighted by Gasteiger charge is -2.39. The molecule has 4 fully saturated rings. The van der Waals surface area contributed by atoms with Crippen molar-refractivity contribution in [1.82, 2.24) is 25.6 Å². The zero-order chi connectivity index (χ0) is 22.0. The van der Waals surface area contributed by atoms with Gasteiger partial charge in [-0.25, -0.2) is 13.1 Å². The van der Waals surface area contributed by atoms with Gasteiger partial charge >= 0.3 is 0 Å². The molecule has 2 saturated heterocycles. The van der Waals surface area contributed by atoms with E-state index in [1.165, 1.54) is 25.9 Å². The summed E-state index contributed by atoms with van der Waals surface area (Å²) in [5.74, 6) is 2.18. The zero-order valence-electron chi connectivity index (χ0n) is 18.9. The Balaban J connectivity index is 1.29. The first-order valence-electron chi connectivity index (χ1n) is 12.2. The molecule has 31 heavy (non-hydrogen) atoms. The molecule has 180 valence electrons. The normalized spacial score (nSPS) is 39.9. The number of nitrogens with two attached hydrogens (primary N) is 2. The lowest BCUT2D eigenvalue weighted by atomic mass is 9.81. The van der Waals surface area contributed by atoms with E-state index in [0.717, 1.165) is 44.1 Å². The number of piperidine rings is 2. The van der Waals surface area contributed by atoms with Gasteiger partial charge in [0.15, 0.2) is 0 Å². The van der Waals surface area contributed by atoms with Crippen molar-refractivity contribution in [3.63, 3.8) is 0 Å². The van der Waals surface area contributed by atoms with Gasteiger partial charge in [-0.05, 0) is 70.0 Å². The number of likely N-dealkylation sites (N-methyl/N-ethyl adjacent to an activating group) is 1. The summed E-state index contributed by atoms with van der Waals surface area (Å²) in [6.45, 7) is 4.51. The fraction of sp³-hybridized carbons (Fsp3) is 1.00. The standard InChI is InChI=1S/C21H43N7O2S/c1-24-21-14(9-22)3-2-4-19(21)27-31(29,30)18(10-23)11-26-20-8-17(5-6-25-20)28-12-15-7-16(15)13-28/h14-21,24-27H,2-13,22-23H2,1H3. The smallest absolute Gasteiger partial charge is 0.217 e. The topological polar surface area (TPSA) is 138 Å². The molecule has 8 atom stereocenters. The van der Waals surface area contributed by atoms with Crippen LogP contribution in [0.1, 0.15) is 38.5 Å². The van der Waals surface area contributed by atoms with Crippen LogP contribution in [0.15, 0.2) is 0 Å². The van der Waals surface area contributed by atoms with Crippen LogP contribution in [0, 0.1) is 17.8 Å². The molecule has 2 aliphatic heterocycles. The molecule has 4 rings (SSSR count). The highest BCUT2D eigenvalue weighted by molar-refractivity contribution is 7.90. The molecule has 10 heteroatoms. The minimum atomic E-state index is -3.53. The summed E-state index contributed by atoms with van der Waals surface area (Å²) in [6.07, 6.45) is 6.62. The van der Waals surface area contributed by atoms with E-state index in [1.54, 1.807) is 0 Å². The molecule has 8 unspecified atom stereocenters. The minimum absolute atomic E-state index is 0.0624. The SMILES string of the molecule is CNC1C(CN)CCCC1NS(=O)(=O)C(CN)CNC1CC(N2CC3CC3C2)CCN1. The number of fused-ring (bicyclic) bond motifs is 1. The summed E-state index contributed by atoms with van der Waals surface area (Å²) in [4.78, 5) is 2.65. The first-order valence-corrected chi connectivity index (χ1v) is 13.8. The molecule has 4 aliphatic rings. The van der Waals surface area contributed by atoms with Crippen molar-refractivity contribution in [3.8, 4) is 0 Å². The Bertz CT molecular complexity index is 683. The third-order valence-corrected chi connectivity index (χ3v) is 10.0. The first-order chi connectivity index (χ1) is 14.9. The van der Waals surface area contributed by atoms with Gasteiger partial charge in [-0.1, -0.05) is 6.42 Å². The van der Waals surface area contributed by atoms with Gasteiger partial charge in [0.05, 0.1) is 6.17 Å². The van der Waals surface area contributed by atoms with Crippen LogP contribution in [-0.4, -0.2) is 89.2 Å². The van der Waals surface area contributed by atoms with Crippen molar-refractivity contribution >= 4 is 10.0 Å². The molecular formula is C21H43N7O2S. The van der Waals surface area contributed by atoms with E-state index in [1.807, 2.05) is 7.05 Å². The van der Waals surface area contributed by atoms with Gasteiger partial charge in [0.25, 0.3) is 0 Å². The first kappa shape index (κ1) is 23.8. The third-order valence-electron chi connectivity index (χ3n) is 8.18. The van der Waals surface area contributed by atoms with Gasteiger partial charge in [0, 0.05) is 44.3 Å². The van der Waals surface area contributed by atoms with Crippen molar-refractivity contribution < 1.29 is 8.42 Å². The molecule has 0 spiro atoms. The second kappa shape index (κ2) is 10.3. The van der Waals surface area contributed by atoms with Crippen LogP contribution >= 0.6 is 0 Å². The summed E-state index contributed by atoms with van der Waals surface area (Å²) in [6, 6.07) is 0.530. The Morgan fingerprint density at radius 2 is 1.90 bits per heavy atom. The maximum Gasteiger partial charge on any atom is 0.217 e. The van der Waals surface area contributed by atoms with E-state index in [4.69, 9.17) is 11.5 Å². The molecule has 9 nitrogen and oxygen atoms in total. The highest BCUT2D eigenvalue weighted by Gasteiger charge is 2.47. The van der Waals surface area contributed by atoms with Crippen LogP contribution in [0.5, 0.6) is 0 Å². The van der Waals surface area contributed by atoms with E-state index < -0.39 is 15.3 Å². The van der Waals surface area contributed by atoms with Crippen molar-refractivity contribution in [2.75, 3.05) is 46.3 Å². The molecule has 0 aromatic rings. The number of nitrogens with zero attached hydrogens (tertiary/aromatic N) is 1. The van der Waals surface area contributed by atoms with Gasteiger partial charge in [0.2, 0.25) is 10.0 Å². The van der Waals surface area contributed by atoms with Crippen LogP contribution < -0.4 is 32.1 Å². The highest BCUT2D eigenvalue weighted by atomic mass is 32.2. The van der Waals surface area contributed by atoms with E-state index in [2.05, 4.69) is 25.6 Å². The average Bonchev–Trinajstić information content (AvgIpc) is 3.38. The summed E-state index contributed by atoms with van der Waals surface area (Å²) < 4.78 is 29.3. The van der Waals surface area contributed by atoms with Crippen LogP contribution in [0.3, 0.4) is 0 Å². The van der Waals surface area contributed by atoms with Crippen molar-refractivity contribution in [2.45, 2.75) is 68.1 Å². The number of likely N-dealkylation sites (tertiary alicyclic amines) is 1. The van der Waals surface area contributed by atoms with Crippen molar-refractivity contribution in [1.29, 1.82) is 0 Å². The van der Waals surface area contributed by atoms with Crippen molar-refractivity contribution in [3.05, 3.63) is 0 Å². The molecular weight excluding hydrogens is 414 g/mol. The molecule has 0 bridgehead atoms. The molecule has 0 aromatic heterocycles. The van der Waals surface area contributed by atoms with Gasteiger partial charge < -0.3 is 27.4 Å². The molecule has 2 aliphatic carbocycles. The lowest BCUT2D eigenvalue weighted by molar-refractivity contribution is 0.149. The monoisotopic (exact) mass is 457 g/mol. The molecule has 2 heterocycles. The van der Waals surface area contributed by atoms with E-state index in [0.29, 0.717) is 25.0 Å². The Labute approximate surface area is 187 Å². The van der Waals surface area contributed by atoms with Gasteiger partial charge in [-0.3, -0.25) is 4.90 Å². The fourth-order valence-corrected chi connectivity index (χ4v) is 7.59. The Hall–Kier alpha value is -0.330. The van der Waals surface area contributed by atoms with E-state index >= 15 is 0 Å². The maximum absolute atomic E-state index is 13.2. The second-order valence-corrected chi connectivity index (χ2v) is 12.2. The number of hydrogen-bond acceptors (Lipinski definition) is 8. The average molecular weight is 458 g/mol.